The lowest BCUT2D eigenvalue weighted by molar-refractivity contribution is -0.122. The molecule has 0 unspecified atom stereocenters. The van der Waals surface area contributed by atoms with Gasteiger partial charge in [0.05, 0.1) is 46.4 Å². The van der Waals surface area contributed by atoms with Crippen LogP contribution in [0.1, 0.15) is 6.92 Å². The molecule has 1 amide bonds. The summed E-state index contributed by atoms with van der Waals surface area (Å²) >= 11 is 1.41. The van der Waals surface area contributed by atoms with Crippen LogP contribution in [0.15, 0.2) is 71.7 Å². The van der Waals surface area contributed by atoms with Crippen molar-refractivity contribution in [1.82, 2.24) is 14.4 Å². The Hall–Kier alpha value is -4.96. The number of fused-ring (bicyclic) bond motifs is 6. The van der Waals surface area contributed by atoms with E-state index in [0.29, 0.717) is 49.7 Å². The van der Waals surface area contributed by atoms with Crippen LogP contribution in [0, 0.1) is 0 Å². The van der Waals surface area contributed by atoms with Crippen LogP contribution in [0.3, 0.4) is 0 Å². The number of carbonyl (C=O) groups is 1. The third-order valence-corrected chi connectivity index (χ3v) is 8.02. The van der Waals surface area contributed by atoms with E-state index in [1.54, 1.807) is 29.7 Å². The number of nitrogens with one attached hydrogen (secondary N) is 1. The summed E-state index contributed by atoms with van der Waals surface area (Å²) in [5.74, 6) is 1.03. The van der Waals surface area contributed by atoms with Crippen molar-refractivity contribution in [2.45, 2.75) is 13.0 Å². The molecule has 0 aliphatic rings. The highest BCUT2D eigenvalue weighted by Crippen LogP contribution is 2.39. The predicted octanol–water partition coefficient (Wildman–Crippen LogP) is 5.62. The van der Waals surface area contributed by atoms with Crippen molar-refractivity contribution in [3.8, 4) is 17.2 Å². The lowest BCUT2D eigenvalue weighted by Gasteiger charge is -2.14. The van der Waals surface area contributed by atoms with E-state index in [-0.39, 0.29) is 11.5 Å². The van der Waals surface area contributed by atoms with Gasteiger partial charge in [-0.2, -0.15) is 0 Å². The Morgan fingerprint density at radius 2 is 1.85 bits per heavy atom. The summed E-state index contributed by atoms with van der Waals surface area (Å²) in [7, 11) is 3.05. The lowest BCUT2D eigenvalue weighted by Crippen LogP contribution is -2.30. The van der Waals surface area contributed by atoms with E-state index in [2.05, 4.69) is 15.3 Å². The van der Waals surface area contributed by atoms with Gasteiger partial charge in [-0.3, -0.25) is 24.3 Å². The van der Waals surface area contributed by atoms with Crippen LogP contribution >= 0.6 is 11.3 Å². The number of amides is 1. The Balaban J connectivity index is 1.30. The lowest BCUT2D eigenvalue weighted by atomic mass is 10.1. The maximum Gasteiger partial charge on any atom is 0.267 e. The molecular weight excluding hydrogens is 528 g/mol. The number of methoxy groups -OCH3 is 2. The second-order valence-corrected chi connectivity index (χ2v) is 10.4. The van der Waals surface area contributed by atoms with E-state index >= 15 is 0 Å². The number of benzene rings is 3. The zero-order valence-electron chi connectivity index (χ0n) is 21.7. The molecule has 7 rings (SSSR count). The third-order valence-electron chi connectivity index (χ3n) is 7.07. The summed E-state index contributed by atoms with van der Waals surface area (Å²) in [5, 5.41) is 6.10. The average molecular weight is 551 g/mol. The first-order valence-electron chi connectivity index (χ1n) is 12.5. The molecule has 3 aromatic carbocycles. The van der Waals surface area contributed by atoms with E-state index in [1.807, 2.05) is 48.5 Å². The van der Waals surface area contributed by atoms with Crippen molar-refractivity contribution in [1.29, 1.82) is 0 Å². The molecule has 0 saturated heterocycles. The van der Waals surface area contributed by atoms with Gasteiger partial charge in [0.2, 0.25) is 0 Å². The molecule has 10 heteroatoms. The minimum absolute atomic E-state index is 0.233. The predicted molar refractivity (Wildman–Crippen MR) is 157 cm³/mol. The highest BCUT2D eigenvalue weighted by Gasteiger charge is 2.23. The number of hydrogen-bond acceptors (Lipinski definition) is 8. The summed E-state index contributed by atoms with van der Waals surface area (Å²) in [6.45, 7) is 1.69. The molecule has 1 N–H and O–H groups in total. The van der Waals surface area contributed by atoms with Gasteiger partial charge in [0.1, 0.15) is 5.75 Å². The minimum Gasteiger partial charge on any atom is -0.493 e. The molecule has 0 saturated carbocycles. The van der Waals surface area contributed by atoms with E-state index in [4.69, 9.17) is 14.2 Å². The van der Waals surface area contributed by atoms with Crippen LogP contribution in [-0.2, 0) is 4.79 Å². The zero-order valence-corrected chi connectivity index (χ0v) is 22.5. The Labute approximate surface area is 230 Å². The Morgan fingerprint density at radius 3 is 2.65 bits per heavy atom. The van der Waals surface area contributed by atoms with E-state index < -0.39 is 6.10 Å². The van der Waals surface area contributed by atoms with E-state index in [9.17, 15) is 9.59 Å². The van der Waals surface area contributed by atoms with Crippen LogP contribution in [-0.4, -0.2) is 40.6 Å². The maximum absolute atomic E-state index is 13.9. The van der Waals surface area contributed by atoms with E-state index in [1.165, 1.54) is 25.6 Å². The number of pyridine rings is 2. The third kappa shape index (κ3) is 3.53. The first-order valence-corrected chi connectivity index (χ1v) is 13.4. The summed E-state index contributed by atoms with van der Waals surface area (Å²) in [6.07, 6.45) is 0.938. The Kier molecular flexibility index (Phi) is 5.46. The fourth-order valence-electron chi connectivity index (χ4n) is 5.26. The van der Waals surface area contributed by atoms with Crippen LogP contribution in [0.25, 0.3) is 48.3 Å². The number of aromatic nitrogens is 3. The largest absolute Gasteiger partial charge is 0.493 e. The van der Waals surface area contributed by atoms with Crippen molar-refractivity contribution >= 4 is 70.7 Å². The number of ether oxygens (including phenoxy) is 3. The summed E-state index contributed by atoms with van der Waals surface area (Å²) < 4.78 is 19.7. The molecule has 9 nitrogen and oxygen atoms in total. The number of rotatable bonds is 6. The van der Waals surface area contributed by atoms with Gasteiger partial charge in [-0.1, -0.05) is 23.5 Å². The normalized spacial score (nSPS) is 12.5. The van der Waals surface area contributed by atoms with Gasteiger partial charge in [0.15, 0.2) is 22.7 Å². The Bertz CT molecular complexity index is 2140. The first-order chi connectivity index (χ1) is 19.5. The van der Waals surface area contributed by atoms with Gasteiger partial charge in [0.25, 0.3) is 11.5 Å². The molecule has 0 aliphatic carbocycles. The van der Waals surface area contributed by atoms with Gasteiger partial charge in [-0.05, 0) is 55.5 Å². The smallest absolute Gasteiger partial charge is 0.267 e. The number of carbonyl (C=O) groups excluding carboxylic acids is 1. The van der Waals surface area contributed by atoms with Gasteiger partial charge >= 0.3 is 0 Å². The quantitative estimate of drug-likeness (QED) is 0.268. The number of anilines is 1. The molecule has 1 atom stereocenters. The van der Waals surface area contributed by atoms with Crippen LogP contribution in [0.4, 0.5) is 5.13 Å². The molecule has 4 aromatic heterocycles. The first kappa shape index (κ1) is 24.1. The van der Waals surface area contributed by atoms with Crippen molar-refractivity contribution in [3.05, 3.63) is 77.2 Å². The maximum atomic E-state index is 13.9. The topological polar surface area (TPSA) is 104 Å². The van der Waals surface area contributed by atoms with Crippen molar-refractivity contribution in [2.24, 2.45) is 0 Å². The van der Waals surface area contributed by atoms with Crippen LogP contribution < -0.4 is 25.1 Å². The average Bonchev–Trinajstić information content (AvgIpc) is 3.53. The number of nitrogens with zero attached hydrogens (tertiary/aromatic N) is 3. The molecule has 0 aliphatic heterocycles. The molecule has 0 bridgehead atoms. The van der Waals surface area contributed by atoms with Crippen LogP contribution in [0.2, 0.25) is 0 Å². The zero-order chi connectivity index (χ0) is 27.5. The van der Waals surface area contributed by atoms with Gasteiger partial charge in [-0.15, -0.1) is 0 Å². The Morgan fingerprint density at radius 1 is 1.00 bits per heavy atom. The fourth-order valence-corrected chi connectivity index (χ4v) is 6.13. The molecule has 0 radical (unpaired) electrons. The standard InChI is InChI=1S/C30H22N4O5S/c1-15(28(35)33-30-32-20-6-4-5-7-23(20)40-30)39-16-8-10-21-19(14-16)17-12-13-31-25-18-9-11-22(37-2)27(38-3)24(18)29(36)34(21)26(17)25/h4-15H,1-3H3,(H,32,33,35)/t15-/m0/s1. The fraction of sp³-hybridized carbons (Fsp3) is 0.133. The second-order valence-electron chi connectivity index (χ2n) is 9.33. The van der Waals surface area contributed by atoms with Gasteiger partial charge in [-0.25, -0.2) is 4.98 Å². The molecule has 7 aromatic rings. The van der Waals surface area contributed by atoms with Gasteiger partial charge in [0, 0.05) is 22.4 Å². The molecule has 40 heavy (non-hydrogen) atoms. The SMILES string of the molecule is COc1ccc2c(c1OC)c(=O)n1c3ccc(O[C@@H](C)C(=O)Nc4nc5ccccc5s4)cc3c3ccnc2c31. The van der Waals surface area contributed by atoms with Gasteiger partial charge < -0.3 is 14.2 Å². The molecule has 0 spiro atoms. The number of thiazole rings is 1. The minimum atomic E-state index is -0.784. The van der Waals surface area contributed by atoms with Crippen LogP contribution in [0.5, 0.6) is 17.2 Å². The number of hydrogen-bond donors (Lipinski definition) is 1. The summed E-state index contributed by atoms with van der Waals surface area (Å²) in [6, 6.07) is 18.6. The highest BCUT2D eigenvalue weighted by atomic mass is 32.1. The van der Waals surface area contributed by atoms with Crippen molar-refractivity contribution in [2.75, 3.05) is 19.5 Å². The van der Waals surface area contributed by atoms with Crippen molar-refractivity contribution < 1.29 is 19.0 Å². The molecule has 198 valence electrons. The molecule has 4 heterocycles. The summed E-state index contributed by atoms with van der Waals surface area (Å²) in [5.41, 5.74) is 2.68. The highest BCUT2D eigenvalue weighted by molar-refractivity contribution is 7.22. The second kappa shape index (κ2) is 9.06. The van der Waals surface area contributed by atoms with E-state index in [0.717, 1.165) is 21.0 Å². The van der Waals surface area contributed by atoms with Crippen molar-refractivity contribution in [3.63, 3.8) is 0 Å². The number of para-hydroxylation sites is 1. The summed E-state index contributed by atoms with van der Waals surface area (Å²) in [4.78, 5) is 35.9. The monoisotopic (exact) mass is 550 g/mol. The molecular formula is C30H22N4O5S. The molecule has 0 fully saturated rings.